The molecule has 0 saturated carbocycles. The van der Waals surface area contributed by atoms with Crippen molar-refractivity contribution in [3.05, 3.63) is 52.0 Å². The maximum atomic E-state index is 12.7. The Morgan fingerprint density at radius 1 is 1.19 bits per heavy atom. The summed E-state index contributed by atoms with van der Waals surface area (Å²) < 4.78 is 5.83. The van der Waals surface area contributed by atoms with Crippen LogP contribution in [0.4, 0.5) is 10.5 Å². The van der Waals surface area contributed by atoms with Crippen LogP contribution in [0.2, 0.25) is 0 Å². The number of amides is 3. The van der Waals surface area contributed by atoms with E-state index in [2.05, 4.69) is 15.8 Å². The number of carbonyl (C=O) groups excluding carboxylic acids is 2. The summed E-state index contributed by atoms with van der Waals surface area (Å²) in [6, 6.07) is 5.11. The molecule has 0 fully saturated rings. The first kappa shape index (κ1) is 17.7. The zero-order chi connectivity index (χ0) is 18.8. The normalized spacial score (nSPS) is 14.8. The van der Waals surface area contributed by atoms with Gasteiger partial charge in [0, 0.05) is 23.2 Å². The first-order valence-electron chi connectivity index (χ1n) is 8.50. The van der Waals surface area contributed by atoms with E-state index in [1.165, 1.54) is 0 Å². The maximum absolute atomic E-state index is 12.7. The van der Waals surface area contributed by atoms with Crippen molar-refractivity contribution in [3.8, 4) is 0 Å². The first-order valence-corrected chi connectivity index (χ1v) is 8.50. The molecule has 3 rings (SSSR count). The molecule has 0 atom stereocenters. The molecular weight excluding hydrogens is 332 g/mol. The number of carbonyl (C=O) groups is 2. The Balaban J connectivity index is 1.91. The molecule has 136 valence electrons. The number of nitrogens with one attached hydrogen (secondary N) is 2. The van der Waals surface area contributed by atoms with Gasteiger partial charge in [0.1, 0.15) is 5.76 Å². The largest absolute Gasteiger partial charge is 0.455 e. The number of hydrogen-bond acceptors (Lipinski definition) is 4. The molecule has 1 heterocycles. The highest BCUT2D eigenvalue weighted by Crippen LogP contribution is 2.30. The molecule has 1 aromatic heterocycles. The molecule has 3 amide bonds. The van der Waals surface area contributed by atoms with Crippen molar-refractivity contribution in [2.24, 2.45) is 10.8 Å². The molecule has 0 bridgehead atoms. The summed E-state index contributed by atoms with van der Waals surface area (Å²) in [7, 11) is 0. The molecule has 0 spiro atoms. The van der Waals surface area contributed by atoms with Gasteiger partial charge in [0.25, 0.3) is 5.91 Å². The van der Waals surface area contributed by atoms with Gasteiger partial charge in [0.15, 0.2) is 5.76 Å². The number of aryl methyl sites for hydroxylation is 3. The molecule has 1 aromatic carbocycles. The van der Waals surface area contributed by atoms with Gasteiger partial charge in [0.05, 0.1) is 5.71 Å². The second-order valence-electron chi connectivity index (χ2n) is 6.51. The highest BCUT2D eigenvalue weighted by Gasteiger charge is 2.28. The van der Waals surface area contributed by atoms with E-state index in [1.54, 1.807) is 0 Å². The molecule has 0 saturated heterocycles. The summed E-state index contributed by atoms with van der Waals surface area (Å²) in [5.74, 6) is 0.680. The molecule has 7 heteroatoms. The molecule has 1 aliphatic rings. The lowest BCUT2D eigenvalue weighted by molar-refractivity contribution is 0.0994. The second kappa shape index (κ2) is 7.03. The van der Waals surface area contributed by atoms with Crippen molar-refractivity contribution in [1.82, 2.24) is 5.43 Å². The molecule has 1 aliphatic carbocycles. The zero-order valence-corrected chi connectivity index (χ0v) is 15.1. The van der Waals surface area contributed by atoms with Crippen LogP contribution in [-0.4, -0.2) is 17.6 Å². The lowest BCUT2D eigenvalue weighted by atomic mass is 9.93. The van der Waals surface area contributed by atoms with Crippen LogP contribution in [0.3, 0.4) is 0 Å². The van der Waals surface area contributed by atoms with E-state index in [9.17, 15) is 9.59 Å². The number of hydrogen-bond donors (Lipinski definition) is 3. The van der Waals surface area contributed by atoms with E-state index in [0.29, 0.717) is 23.5 Å². The number of benzene rings is 1. The zero-order valence-electron chi connectivity index (χ0n) is 15.1. The van der Waals surface area contributed by atoms with Gasteiger partial charge in [-0.2, -0.15) is 5.10 Å². The number of furan rings is 1. The van der Waals surface area contributed by atoms with E-state index < -0.39 is 6.03 Å². The third-order valence-corrected chi connectivity index (χ3v) is 4.46. The van der Waals surface area contributed by atoms with Gasteiger partial charge < -0.3 is 15.5 Å². The number of fused-ring (bicyclic) bond motifs is 1. The fraction of sp³-hybridized carbons (Fsp3) is 0.316. The van der Waals surface area contributed by atoms with Crippen molar-refractivity contribution in [3.63, 3.8) is 0 Å². The average Bonchev–Trinajstić information content (AvgIpc) is 2.93. The average molecular weight is 354 g/mol. The smallest absolute Gasteiger partial charge is 0.332 e. The minimum atomic E-state index is -0.724. The Bertz CT molecular complexity index is 912. The molecule has 0 radical (unpaired) electrons. The van der Waals surface area contributed by atoms with Crippen molar-refractivity contribution < 1.29 is 14.0 Å². The number of primary amides is 1. The SMILES string of the molecule is Cc1ccc(NC(=O)c2oc3c(c2C)/C(=N/NC(N)=O)CCC3)c(C)c1. The highest BCUT2D eigenvalue weighted by atomic mass is 16.4. The molecule has 0 unspecified atom stereocenters. The summed E-state index contributed by atoms with van der Waals surface area (Å²) in [5, 5.41) is 6.97. The second-order valence-corrected chi connectivity index (χ2v) is 6.51. The number of nitrogens with two attached hydrogens (primary N) is 1. The summed E-state index contributed by atoms with van der Waals surface area (Å²) in [5.41, 5.74) is 12.4. The molecule has 4 N–H and O–H groups in total. The number of anilines is 1. The van der Waals surface area contributed by atoms with Crippen molar-refractivity contribution in [1.29, 1.82) is 0 Å². The van der Waals surface area contributed by atoms with Crippen LogP contribution in [0.1, 0.15) is 51.4 Å². The number of nitrogens with zero attached hydrogens (tertiary/aromatic N) is 1. The highest BCUT2D eigenvalue weighted by molar-refractivity contribution is 6.09. The van der Waals surface area contributed by atoms with Crippen molar-refractivity contribution in [2.45, 2.75) is 40.0 Å². The standard InChI is InChI=1S/C19H22N4O3/c1-10-7-8-13(11(2)9-10)21-18(24)17-12(3)16-14(22-23-19(20)25)5-4-6-15(16)26-17/h7-9H,4-6H2,1-3H3,(H,21,24)(H3,20,23,25)/b22-14+. The van der Waals surface area contributed by atoms with E-state index in [4.69, 9.17) is 10.2 Å². The van der Waals surface area contributed by atoms with Crippen LogP contribution in [0, 0.1) is 20.8 Å². The predicted molar refractivity (Wildman–Crippen MR) is 99.5 cm³/mol. The van der Waals surface area contributed by atoms with Gasteiger partial charge in [-0.1, -0.05) is 17.7 Å². The van der Waals surface area contributed by atoms with Crippen LogP contribution >= 0.6 is 0 Å². The summed E-state index contributed by atoms with van der Waals surface area (Å²) in [6.45, 7) is 5.78. The number of hydrazone groups is 1. The maximum Gasteiger partial charge on any atom is 0.332 e. The summed E-state index contributed by atoms with van der Waals surface area (Å²) in [4.78, 5) is 23.7. The summed E-state index contributed by atoms with van der Waals surface area (Å²) in [6.07, 6.45) is 2.24. The van der Waals surface area contributed by atoms with Gasteiger partial charge in [-0.3, -0.25) is 4.79 Å². The van der Waals surface area contributed by atoms with E-state index >= 15 is 0 Å². The van der Waals surface area contributed by atoms with Gasteiger partial charge in [0.2, 0.25) is 0 Å². The van der Waals surface area contributed by atoms with Crippen LogP contribution in [-0.2, 0) is 6.42 Å². The van der Waals surface area contributed by atoms with Crippen LogP contribution in [0.5, 0.6) is 0 Å². The topological polar surface area (TPSA) is 110 Å². The third kappa shape index (κ3) is 3.46. The van der Waals surface area contributed by atoms with Gasteiger partial charge >= 0.3 is 6.03 Å². The molecule has 0 aliphatic heterocycles. The minimum absolute atomic E-state index is 0.267. The van der Waals surface area contributed by atoms with E-state index in [0.717, 1.165) is 35.2 Å². The number of rotatable bonds is 3. The Morgan fingerprint density at radius 2 is 1.96 bits per heavy atom. The fourth-order valence-corrected chi connectivity index (χ4v) is 3.25. The van der Waals surface area contributed by atoms with Gasteiger partial charge in [-0.15, -0.1) is 0 Å². The lowest BCUT2D eigenvalue weighted by Gasteiger charge is -2.13. The number of urea groups is 1. The van der Waals surface area contributed by atoms with Crippen molar-refractivity contribution in [2.75, 3.05) is 5.32 Å². The monoisotopic (exact) mass is 354 g/mol. The fourth-order valence-electron chi connectivity index (χ4n) is 3.25. The Hall–Kier alpha value is -3.09. The molecule has 2 aromatic rings. The third-order valence-electron chi connectivity index (χ3n) is 4.46. The minimum Gasteiger partial charge on any atom is -0.455 e. The molecule has 26 heavy (non-hydrogen) atoms. The summed E-state index contributed by atoms with van der Waals surface area (Å²) >= 11 is 0. The Labute approximate surface area is 151 Å². The predicted octanol–water partition coefficient (Wildman–Crippen LogP) is 3.17. The Kier molecular flexibility index (Phi) is 4.79. The molecular formula is C19H22N4O3. The van der Waals surface area contributed by atoms with E-state index in [1.807, 2.05) is 39.0 Å². The first-order chi connectivity index (χ1) is 12.4. The van der Waals surface area contributed by atoms with Gasteiger partial charge in [-0.25, -0.2) is 10.2 Å². The lowest BCUT2D eigenvalue weighted by Crippen LogP contribution is -2.27. The van der Waals surface area contributed by atoms with Crippen LogP contribution in [0.25, 0.3) is 0 Å². The van der Waals surface area contributed by atoms with Crippen LogP contribution < -0.4 is 16.5 Å². The van der Waals surface area contributed by atoms with Crippen molar-refractivity contribution >= 4 is 23.3 Å². The molecule has 7 nitrogen and oxygen atoms in total. The van der Waals surface area contributed by atoms with Crippen LogP contribution in [0.15, 0.2) is 27.7 Å². The quantitative estimate of drug-likeness (QED) is 0.736. The van der Waals surface area contributed by atoms with Gasteiger partial charge in [-0.05, 0) is 45.2 Å². The Morgan fingerprint density at radius 3 is 2.65 bits per heavy atom. The van der Waals surface area contributed by atoms with E-state index in [-0.39, 0.29) is 11.7 Å².